The van der Waals surface area contributed by atoms with Gasteiger partial charge in [0.05, 0.1) is 0 Å². The van der Waals surface area contributed by atoms with Crippen LogP contribution in [-0.4, -0.2) is 5.91 Å². The monoisotopic (exact) mass is 381 g/mol. The largest absolute Gasteiger partial charge is 0.326 e. The number of carbonyl (C=O) groups is 1. The fourth-order valence-electron chi connectivity index (χ4n) is 2.36. The molecule has 0 aliphatic heterocycles. The first-order valence-electron chi connectivity index (χ1n) is 6.45. The first-order valence-corrected chi connectivity index (χ1v) is 7.53. The van der Waals surface area contributed by atoms with Crippen molar-refractivity contribution in [2.75, 3.05) is 5.32 Å². The van der Waals surface area contributed by atoms with Crippen molar-refractivity contribution in [3.8, 4) is 0 Å². The van der Waals surface area contributed by atoms with E-state index in [4.69, 9.17) is 0 Å². The van der Waals surface area contributed by atoms with E-state index in [9.17, 15) is 9.18 Å². The van der Waals surface area contributed by atoms with Crippen LogP contribution in [0.5, 0.6) is 0 Å². The molecule has 0 saturated heterocycles. The molecule has 2 atom stereocenters. The quantitative estimate of drug-likeness (QED) is 0.795. The highest BCUT2D eigenvalue weighted by Gasteiger charge is 2.43. The number of amides is 1. The Labute approximate surface area is 130 Å². The molecule has 1 fully saturated rings. The lowest BCUT2D eigenvalue weighted by atomic mass is 10.1. The van der Waals surface area contributed by atoms with Crippen LogP contribution >= 0.6 is 22.6 Å². The number of carbonyl (C=O) groups excluding carboxylic acids is 1. The second kappa shape index (κ2) is 5.52. The van der Waals surface area contributed by atoms with Crippen molar-refractivity contribution < 1.29 is 9.18 Å². The average molecular weight is 381 g/mol. The van der Waals surface area contributed by atoms with Gasteiger partial charge in [-0.25, -0.2) is 4.39 Å². The number of benzene rings is 2. The molecule has 102 valence electrons. The Hall–Kier alpha value is -1.43. The lowest BCUT2D eigenvalue weighted by Crippen LogP contribution is -2.14. The third-order valence-corrected chi connectivity index (χ3v) is 4.19. The van der Waals surface area contributed by atoms with Crippen molar-refractivity contribution in [3.63, 3.8) is 0 Å². The molecule has 0 bridgehead atoms. The van der Waals surface area contributed by atoms with Crippen molar-refractivity contribution in [2.45, 2.75) is 12.3 Å². The molecule has 1 aliphatic rings. The normalized spacial score (nSPS) is 20.5. The summed E-state index contributed by atoms with van der Waals surface area (Å²) in [5.74, 6) is 0.0206. The maximum Gasteiger partial charge on any atom is 0.228 e. The van der Waals surface area contributed by atoms with E-state index in [0.29, 0.717) is 0 Å². The number of anilines is 1. The highest BCUT2D eigenvalue weighted by Crippen LogP contribution is 2.47. The minimum absolute atomic E-state index is 0.00155. The molecule has 0 radical (unpaired) electrons. The summed E-state index contributed by atoms with van der Waals surface area (Å²) in [6.07, 6.45) is 0.835. The summed E-state index contributed by atoms with van der Waals surface area (Å²) in [4.78, 5) is 12.1. The topological polar surface area (TPSA) is 29.1 Å². The Balaban J connectivity index is 1.64. The van der Waals surface area contributed by atoms with E-state index < -0.39 is 0 Å². The van der Waals surface area contributed by atoms with E-state index in [1.54, 1.807) is 12.1 Å². The zero-order valence-corrected chi connectivity index (χ0v) is 12.8. The van der Waals surface area contributed by atoms with Crippen LogP contribution in [0, 0.1) is 15.3 Å². The van der Waals surface area contributed by atoms with Crippen molar-refractivity contribution >= 4 is 34.2 Å². The van der Waals surface area contributed by atoms with Crippen molar-refractivity contribution in [3.05, 3.63) is 63.5 Å². The maximum atomic E-state index is 12.9. The fraction of sp³-hybridized carbons (Fsp3) is 0.188. The van der Waals surface area contributed by atoms with E-state index in [0.717, 1.165) is 21.2 Å². The van der Waals surface area contributed by atoms with Crippen LogP contribution in [-0.2, 0) is 4.79 Å². The van der Waals surface area contributed by atoms with Crippen molar-refractivity contribution in [1.82, 2.24) is 0 Å². The van der Waals surface area contributed by atoms with Gasteiger partial charge in [0.1, 0.15) is 5.82 Å². The average Bonchev–Trinajstić information content (AvgIpc) is 3.20. The zero-order chi connectivity index (χ0) is 14.1. The predicted octanol–water partition coefficient (Wildman–Crippen LogP) is 4.17. The molecular formula is C16H13FINO. The number of hydrogen-bond donors (Lipinski definition) is 1. The van der Waals surface area contributed by atoms with Crippen LogP contribution in [0.1, 0.15) is 17.9 Å². The summed E-state index contributed by atoms with van der Waals surface area (Å²) < 4.78 is 14.0. The molecule has 1 aliphatic carbocycles. The first kappa shape index (κ1) is 13.5. The highest BCUT2D eigenvalue weighted by atomic mass is 127. The number of rotatable bonds is 3. The molecule has 2 aromatic carbocycles. The zero-order valence-electron chi connectivity index (χ0n) is 10.6. The third kappa shape index (κ3) is 3.00. The van der Waals surface area contributed by atoms with E-state index in [2.05, 4.69) is 27.9 Å². The van der Waals surface area contributed by atoms with Gasteiger partial charge in [-0.15, -0.1) is 0 Å². The van der Waals surface area contributed by atoms with Gasteiger partial charge in [0.25, 0.3) is 0 Å². The summed E-state index contributed by atoms with van der Waals surface area (Å²) in [5.41, 5.74) is 1.86. The fourth-order valence-corrected chi connectivity index (χ4v) is 2.91. The molecule has 2 aromatic rings. The Morgan fingerprint density at radius 3 is 2.65 bits per heavy atom. The molecule has 0 aromatic heterocycles. The Kier molecular flexibility index (Phi) is 3.74. The van der Waals surface area contributed by atoms with Gasteiger partial charge in [0, 0.05) is 15.2 Å². The standard InChI is InChI=1S/C16H13FINO/c17-11-6-4-10(5-7-11)14-9-15(14)16(20)19-13-3-1-2-12(18)8-13/h1-8,14-15H,9H2,(H,19,20). The Morgan fingerprint density at radius 2 is 1.95 bits per heavy atom. The van der Waals surface area contributed by atoms with Crippen LogP contribution in [0.2, 0.25) is 0 Å². The summed E-state index contributed by atoms with van der Waals surface area (Å²) >= 11 is 2.21. The van der Waals surface area contributed by atoms with Crippen LogP contribution in [0.4, 0.5) is 10.1 Å². The molecule has 1 saturated carbocycles. The summed E-state index contributed by atoms with van der Waals surface area (Å²) in [6, 6.07) is 14.1. The van der Waals surface area contributed by atoms with Crippen molar-refractivity contribution in [1.29, 1.82) is 0 Å². The number of halogens is 2. The second-order valence-electron chi connectivity index (χ2n) is 5.00. The van der Waals surface area contributed by atoms with E-state index in [1.807, 2.05) is 24.3 Å². The molecule has 2 unspecified atom stereocenters. The van der Waals surface area contributed by atoms with Gasteiger partial charge in [-0.2, -0.15) is 0 Å². The molecule has 0 heterocycles. The van der Waals surface area contributed by atoms with Gasteiger partial charge in [0.15, 0.2) is 0 Å². The summed E-state index contributed by atoms with van der Waals surface area (Å²) in [5, 5.41) is 2.94. The van der Waals surface area contributed by atoms with Crippen LogP contribution in [0.15, 0.2) is 48.5 Å². The minimum Gasteiger partial charge on any atom is -0.326 e. The minimum atomic E-state index is -0.241. The van der Waals surface area contributed by atoms with Gasteiger partial charge < -0.3 is 5.32 Å². The smallest absolute Gasteiger partial charge is 0.228 e. The number of hydrogen-bond acceptors (Lipinski definition) is 1. The van der Waals surface area contributed by atoms with Gasteiger partial charge in [-0.05, 0) is 70.8 Å². The van der Waals surface area contributed by atoms with E-state index >= 15 is 0 Å². The van der Waals surface area contributed by atoms with E-state index in [1.165, 1.54) is 12.1 Å². The highest BCUT2D eigenvalue weighted by molar-refractivity contribution is 14.1. The van der Waals surface area contributed by atoms with Gasteiger partial charge in [-0.1, -0.05) is 18.2 Å². The Morgan fingerprint density at radius 1 is 1.20 bits per heavy atom. The molecule has 20 heavy (non-hydrogen) atoms. The molecule has 0 spiro atoms. The molecule has 2 nitrogen and oxygen atoms in total. The van der Waals surface area contributed by atoms with Crippen LogP contribution in [0.3, 0.4) is 0 Å². The van der Waals surface area contributed by atoms with Crippen LogP contribution < -0.4 is 5.32 Å². The molecule has 1 N–H and O–H groups in total. The van der Waals surface area contributed by atoms with Crippen LogP contribution in [0.25, 0.3) is 0 Å². The SMILES string of the molecule is O=C(Nc1cccc(I)c1)C1CC1c1ccc(F)cc1. The number of nitrogens with one attached hydrogen (secondary N) is 1. The Bertz CT molecular complexity index is 641. The molecule has 3 rings (SSSR count). The molecule has 1 amide bonds. The third-order valence-electron chi connectivity index (χ3n) is 3.52. The molecule has 4 heteroatoms. The second-order valence-corrected chi connectivity index (χ2v) is 6.25. The predicted molar refractivity (Wildman–Crippen MR) is 85.0 cm³/mol. The summed E-state index contributed by atoms with van der Waals surface area (Å²) in [7, 11) is 0. The van der Waals surface area contributed by atoms with E-state index in [-0.39, 0.29) is 23.6 Å². The molecular weight excluding hydrogens is 368 g/mol. The van der Waals surface area contributed by atoms with Gasteiger partial charge in [-0.3, -0.25) is 4.79 Å². The maximum absolute atomic E-state index is 12.9. The van der Waals surface area contributed by atoms with Gasteiger partial charge in [0.2, 0.25) is 5.91 Å². The van der Waals surface area contributed by atoms with Gasteiger partial charge >= 0.3 is 0 Å². The lowest BCUT2D eigenvalue weighted by Gasteiger charge is -2.05. The first-order chi connectivity index (χ1) is 9.63. The summed E-state index contributed by atoms with van der Waals surface area (Å²) in [6.45, 7) is 0. The lowest BCUT2D eigenvalue weighted by molar-refractivity contribution is -0.117. The van der Waals surface area contributed by atoms with Crippen molar-refractivity contribution in [2.24, 2.45) is 5.92 Å².